The maximum Gasteiger partial charge on any atom is 0.152 e. The van der Waals surface area contributed by atoms with Crippen LogP contribution in [0, 0.1) is 17.6 Å². The lowest BCUT2D eigenvalue weighted by Crippen LogP contribution is -2.28. The van der Waals surface area contributed by atoms with Gasteiger partial charge in [-0.25, -0.2) is 17.2 Å². The summed E-state index contributed by atoms with van der Waals surface area (Å²) in [6.07, 6.45) is 0. The van der Waals surface area contributed by atoms with Crippen LogP contribution < -0.4 is 5.32 Å². The first-order valence-corrected chi connectivity index (χ1v) is 7.59. The van der Waals surface area contributed by atoms with E-state index in [0.717, 1.165) is 12.1 Å². The van der Waals surface area contributed by atoms with Gasteiger partial charge in [0, 0.05) is 5.56 Å². The van der Waals surface area contributed by atoms with Crippen molar-refractivity contribution in [2.45, 2.75) is 13.0 Å². The third-order valence-corrected chi connectivity index (χ3v) is 4.94. The molecule has 18 heavy (non-hydrogen) atoms. The largest absolute Gasteiger partial charge is 0.309 e. The number of rotatable bonds is 1. The van der Waals surface area contributed by atoms with Gasteiger partial charge in [-0.15, -0.1) is 0 Å². The van der Waals surface area contributed by atoms with Gasteiger partial charge in [0.05, 0.1) is 17.5 Å². The molecule has 2 rings (SSSR count). The van der Waals surface area contributed by atoms with Crippen molar-refractivity contribution in [2.75, 3.05) is 18.1 Å². The van der Waals surface area contributed by atoms with Gasteiger partial charge in [-0.05, 0) is 24.6 Å². The minimum absolute atomic E-state index is 0.0482. The Balaban J connectivity index is 2.38. The molecule has 0 spiro atoms. The quantitative estimate of drug-likeness (QED) is 0.848. The van der Waals surface area contributed by atoms with Crippen molar-refractivity contribution in [3.05, 3.63) is 35.4 Å². The molecular weight excluding hydrogens is 260 g/mol. The van der Waals surface area contributed by atoms with Crippen LogP contribution >= 0.6 is 0 Å². The maximum atomic E-state index is 13.6. The van der Waals surface area contributed by atoms with Crippen LogP contribution in [0.25, 0.3) is 0 Å². The average Bonchev–Trinajstić information content (AvgIpc) is 2.36. The highest BCUT2D eigenvalue weighted by Crippen LogP contribution is 2.25. The summed E-state index contributed by atoms with van der Waals surface area (Å²) in [6, 6.07) is 2.73. The number of halogens is 2. The summed E-state index contributed by atoms with van der Waals surface area (Å²) < 4.78 is 50.9. The molecule has 2 unspecified atom stereocenters. The van der Waals surface area contributed by atoms with Crippen molar-refractivity contribution in [3.63, 3.8) is 0 Å². The zero-order valence-electron chi connectivity index (χ0n) is 9.99. The molecule has 1 aromatic carbocycles. The van der Waals surface area contributed by atoms with Crippen LogP contribution in [0.5, 0.6) is 0 Å². The van der Waals surface area contributed by atoms with E-state index >= 15 is 0 Å². The number of benzene rings is 1. The molecule has 1 aromatic rings. The molecule has 0 aliphatic carbocycles. The van der Waals surface area contributed by atoms with Crippen LogP contribution in [0.15, 0.2) is 18.2 Å². The molecule has 0 bridgehead atoms. The molecule has 1 heterocycles. The third kappa shape index (κ3) is 2.87. The van der Waals surface area contributed by atoms with Crippen LogP contribution in [0.4, 0.5) is 8.78 Å². The van der Waals surface area contributed by atoms with Crippen molar-refractivity contribution >= 4 is 9.84 Å². The van der Waals surface area contributed by atoms with Gasteiger partial charge in [0.2, 0.25) is 0 Å². The smallest absolute Gasteiger partial charge is 0.152 e. The first kappa shape index (κ1) is 13.4. The topological polar surface area (TPSA) is 46.2 Å². The van der Waals surface area contributed by atoms with E-state index < -0.39 is 27.5 Å². The van der Waals surface area contributed by atoms with Crippen LogP contribution in [0.2, 0.25) is 0 Å². The number of hydrogen-bond donors (Lipinski definition) is 1. The Bertz CT molecular complexity index is 525. The Morgan fingerprint density at radius 2 is 1.83 bits per heavy atom. The zero-order chi connectivity index (χ0) is 13.3. The average molecular weight is 275 g/mol. The van der Waals surface area contributed by atoms with Gasteiger partial charge in [-0.1, -0.05) is 13.0 Å². The fourth-order valence-electron chi connectivity index (χ4n) is 2.25. The van der Waals surface area contributed by atoms with Crippen molar-refractivity contribution in [3.8, 4) is 0 Å². The number of nitrogens with one attached hydrogen (secondary N) is 1. The molecule has 1 aliphatic heterocycles. The van der Waals surface area contributed by atoms with E-state index in [2.05, 4.69) is 5.32 Å². The predicted molar refractivity (Wildman–Crippen MR) is 64.9 cm³/mol. The van der Waals surface area contributed by atoms with Crippen molar-refractivity contribution in [2.24, 2.45) is 5.92 Å². The SMILES string of the molecule is CC1CNC(c2c(F)cccc2F)CS(=O)(=O)C1. The molecule has 0 amide bonds. The van der Waals surface area contributed by atoms with Gasteiger partial charge >= 0.3 is 0 Å². The van der Waals surface area contributed by atoms with Crippen LogP contribution in [-0.4, -0.2) is 26.5 Å². The van der Waals surface area contributed by atoms with Crippen molar-refractivity contribution in [1.82, 2.24) is 5.32 Å². The van der Waals surface area contributed by atoms with Gasteiger partial charge in [0.1, 0.15) is 11.6 Å². The summed E-state index contributed by atoms with van der Waals surface area (Å²) in [7, 11) is -3.30. The first-order chi connectivity index (χ1) is 8.39. The lowest BCUT2D eigenvalue weighted by atomic mass is 10.1. The molecule has 1 N–H and O–H groups in total. The summed E-state index contributed by atoms with van der Waals surface area (Å²) in [5.74, 6) is -1.70. The molecule has 1 saturated heterocycles. The minimum Gasteiger partial charge on any atom is -0.309 e. The Hall–Kier alpha value is -1.01. The Labute approximate surface area is 105 Å². The Morgan fingerprint density at radius 3 is 2.44 bits per heavy atom. The third-order valence-electron chi connectivity index (χ3n) is 3.02. The molecule has 0 saturated carbocycles. The first-order valence-electron chi connectivity index (χ1n) is 5.77. The molecule has 100 valence electrons. The highest BCUT2D eigenvalue weighted by atomic mass is 32.2. The van der Waals surface area contributed by atoms with Gasteiger partial charge < -0.3 is 5.32 Å². The number of hydrogen-bond acceptors (Lipinski definition) is 3. The molecule has 0 radical (unpaired) electrons. The minimum atomic E-state index is -3.30. The van der Waals surface area contributed by atoms with E-state index in [1.165, 1.54) is 6.07 Å². The molecule has 0 aromatic heterocycles. The fourth-order valence-corrected chi connectivity index (χ4v) is 4.16. The van der Waals surface area contributed by atoms with Gasteiger partial charge in [-0.2, -0.15) is 0 Å². The summed E-state index contributed by atoms with van der Waals surface area (Å²) in [5, 5.41) is 2.93. The molecule has 6 heteroatoms. The fraction of sp³-hybridized carbons (Fsp3) is 0.500. The van der Waals surface area contributed by atoms with E-state index in [1.807, 2.05) is 0 Å². The Kier molecular flexibility index (Phi) is 3.68. The summed E-state index contributed by atoms with van der Waals surface area (Å²) in [5.41, 5.74) is -0.185. The second-order valence-electron chi connectivity index (χ2n) is 4.78. The monoisotopic (exact) mass is 275 g/mol. The van der Waals surface area contributed by atoms with E-state index in [0.29, 0.717) is 6.54 Å². The highest BCUT2D eigenvalue weighted by molar-refractivity contribution is 7.91. The number of sulfone groups is 1. The van der Waals surface area contributed by atoms with E-state index in [4.69, 9.17) is 0 Å². The van der Waals surface area contributed by atoms with Crippen molar-refractivity contribution in [1.29, 1.82) is 0 Å². The molecule has 1 fully saturated rings. The normalized spacial score (nSPS) is 27.7. The Morgan fingerprint density at radius 1 is 1.22 bits per heavy atom. The zero-order valence-corrected chi connectivity index (χ0v) is 10.8. The maximum absolute atomic E-state index is 13.6. The lowest BCUT2D eigenvalue weighted by Gasteiger charge is -2.17. The van der Waals surface area contributed by atoms with Crippen LogP contribution in [0.1, 0.15) is 18.5 Å². The highest BCUT2D eigenvalue weighted by Gasteiger charge is 2.30. The lowest BCUT2D eigenvalue weighted by molar-refractivity contribution is 0.470. The second-order valence-corrected chi connectivity index (χ2v) is 6.93. The van der Waals surface area contributed by atoms with Crippen molar-refractivity contribution < 1.29 is 17.2 Å². The molecule has 2 atom stereocenters. The molecule has 3 nitrogen and oxygen atoms in total. The van der Waals surface area contributed by atoms with Gasteiger partial charge in [0.15, 0.2) is 9.84 Å². The van der Waals surface area contributed by atoms with Crippen LogP contribution in [0.3, 0.4) is 0 Å². The molecule has 1 aliphatic rings. The summed E-state index contributed by atoms with van der Waals surface area (Å²) in [6.45, 7) is 2.22. The molecular formula is C12H15F2NO2S. The van der Waals surface area contributed by atoms with E-state index in [1.54, 1.807) is 6.92 Å². The predicted octanol–water partition coefficient (Wildman–Crippen LogP) is 1.66. The van der Waals surface area contributed by atoms with E-state index in [9.17, 15) is 17.2 Å². The van der Waals surface area contributed by atoms with Crippen LogP contribution in [-0.2, 0) is 9.84 Å². The van der Waals surface area contributed by atoms with Gasteiger partial charge in [0.25, 0.3) is 0 Å². The second kappa shape index (κ2) is 4.93. The standard InChI is InChI=1S/C12H15F2NO2S/c1-8-5-15-11(7-18(16,17)6-8)12-9(13)3-2-4-10(12)14/h2-4,8,11,15H,5-7H2,1H3. The van der Waals surface area contributed by atoms with Gasteiger partial charge in [-0.3, -0.25) is 0 Å². The summed E-state index contributed by atoms with van der Waals surface area (Å²) >= 11 is 0. The summed E-state index contributed by atoms with van der Waals surface area (Å²) in [4.78, 5) is 0. The van der Waals surface area contributed by atoms with E-state index in [-0.39, 0.29) is 23.0 Å².